The summed E-state index contributed by atoms with van der Waals surface area (Å²) < 4.78 is 0. The smallest absolute Gasteiger partial charge is 0.254 e. The molecule has 4 atom stereocenters. The fraction of sp³-hybridized carbons (Fsp3) is 0.667. The van der Waals surface area contributed by atoms with Crippen LogP contribution < -0.4 is 0 Å². The van der Waals surface area contributed by atoms with E-state index in [1.165, 1.54) is 45.1 Å². The Kier molecular flexibility index (Phi) is 4.78. The topological polar surface area (TPSA) is 40.6 Å². The van der Waals surface area contributed by atoms with Crippen LogP contribution in [0, 0.1) is 11.8 Å². The number of likely N-dealkylation sites (tertiary alicyclic amines) is 1. The maximum absolute atomic E-state index is 13.4. The van der Waals surface area contributed by atoms with Crippen molar-refractivity contribution in [3.8, 4) is 0 Å². The second kappa shape index (κ2) is 7.29. The molecule has 0 spiro atoms. The standard InChI is InChI=1S/C24H32N2O2/c1-2-5-18-6-3-9-22-17-12-16(14-26(18)22)13-25(15-17)24(28)21-8-4-7-20-19(21)10-11-23(20)27/h4,7-8,16-18,22H,2-3,5-6,9-15H2,1H3/t16-,17+,18-,22-/m0/s1. The minimum absolute atomic E-state index is 0.163. The first-order valence-electron chi connectivity index (χ1n) is 11.4. The molecular formula is C24H32N2O2. The number of piperidine rings is 3. The number of benzene rings is 1. The molecule has 2 bridgehead atoms. The van der Waals surface area contributed by atoms with Crippen molar-refractivity contribution in [1.29, 1.82) is 0 Å². The van der Waals surface area contributed by atoms with Crippen molar-refractivity contribution in [2.45, 2.75) is 70.4 Å². The van der Waals surface area contributed by atoms with Gasteiger partial charge in [0.1, 0.15) is 0 Å². The molecule has 3 fully saturated rings. The molecule has 0 unspecified atom stereocenters. The third kappa shape index (κ3) is 3.01. The second-order valence-corrected chi connectivity index (χ2v) is 9.46. The van der Waals surface area contributed by atoms with E-state index in [0.717, 1.165) is 42.2 Å². The Morgan fingerprint density at radius 2 is 2.04 bits per heavy atom. The van der Waals surface area contributed by atoms with Gasteiger partial charge in [-0.3, -0.25) is 14.5 Å². The Hall–Kier alpha value is -1.68. The van der Waals surface area contributed by atoms with Gasteiger partial charge in [-0.25, -0.2) is 0 Å². The van der Waals surface area contributed by atoms with E-state index in [0.29, 0.717) is 24.3 Å². The summed E-state index contributed by atoms with van der Waals surface area (Å²) in [5.74, 6) is 1.58. The molecule has 0 N–H and O–H groups in total. The van der Waals surface area contributed by atoms with Gasteiger partial charge in [-0.15, -0.1) is 0 Å². The van der Waals surface area contributed by atoms with E-state index in [4.69, 9.17) is 0 Å². The van der Waals surface area contributed by atoms with Crippen molar-refractivity contribution >= 4 is 11.7 Å². The van der Waals surface area contributed by atoms with Gasteiger partial charge in [0.05, 0.1) is 0 Å². The minimum atomic E-state index is 0.163. The molecule has 1 aromatic rings. The average molecular weight is 381 g/mol. The van der Waals surface area contributed by atoms with E-state index in [1.54, 1.807) is 0 Å². The zero-order valence-electron chi connectivity index (χ0n) is 17.0. The first-order valence-corrected chi connectivity index (χ1v) is 11.4. The molecule has 1 amide bonds. The van der Waals surface area contributed by atoms with Gasteiger partial charge in [-0.05, 0) is 55.6 Å². The summed E-state index contributed by atoms with van der Waals surface area (Å²) >= 11 is 0. The van der Waals surface area contributed by atoms with Crippen molar-refractivity contribution in [1.82, 2.24) is 9.80 Å². The number of hydrogen-bond donors (Lipinski definition) is 0. The highest BCUT2D eigenvalue weighted by Gasteiger charge is 2.45. The third-order valence-electron chi connectivity index (χ3n) is 7.73. The fourth-order valence-corrected chi connectivity index (χ4v) is 6.58. The molecule has 5 rings (SSSR count). The Labute approximate surface area is 168 Å². The van der Waals surface area contributed by atoms with Crippen LogP contribution in [-0.2, 0) is 6.42 Å². The maximum atomic E-state index is 13.4. The van der Waals surface area contributed by atoms with Gasteiger partial charge in [-0.1, -0.05) is 31.9 Å². The van der Waals surface area contributed by atoms with Gasteiger partial charge in [0.2, 0.25) is 0 Å². The number of Topliss-reactive ketones (excluding diaryl/α,β-unsaturated/α-hetero) is 1. The highest BCUT2D eigenvalue weighted by atomic mass is 16.2. The van der Waals surface area contributed by atoms with Crippen LogP contribution >= 0.6 is 0 Å². The molecular weight excluding hydrogens is 348 g/mol. The van der Waals surface area contributed by atoms with Gasteiger partial charge in [0.25, 0.3) is 5.91 Å². The molecule has 0 saturated carbocycles. The molecule has 3 heterocycles. The van der Waals surface area contributed by atoms with Crippen molar-refractivity contribution in [2.75, 3.05) is 19.6 Å². The number of carbonyl (C=O) groups excluding carboxylic acids is 2. The van der Waals surface area contributed by atoms with Crippen molar-refractivity contribution in [3.63, 3.8) is 0 Å². The van der Waals surface area contributed by atoms with Gasteiger partial charge < -0.3 is 4.90 Å². The van der Waals surface area contributed by atoms with Crippen molar-refractivity contribution < 1.29 is 9.59 Å². The van der Waals surface area contributed by atoms with Crippen LogP contribution in [0.3, 0.4) is 0 Å². The highest BCUT2D eigenvalue weighted by Crippen LogP contribution is 2.41. The van der Waals surface area contributed by atoms with E-state index >= 15 is 0 Å². The van der Waals surface area contributed by atoms with Crippen LogP contribution in [0.4, 0.5) is 0 Å². The van der Waals surface area contributed by atoms with Crippen LogP contribution in [0.15, 0.2) is 18.2 Å². The van der Waals surface area contributed by atoms with Gasteiger partial charge in [0, 0.05) is 49.3 Å². The predicted octanol–water partition coefficient (Wildman–Crippen LogP) is 3.93. The van der Waals surface area contributed by atoms with Crippen LogP contribution in [0.2, 0.25) is 0 Å². The van der Waals surface area contributed by atoms with Gasteiger partial charge in [-0.2, -0.15) is 0 Å². The second-order valence-electron chi connectivity index (χ2n) is 9.46. The third-order valence-corrected chi connectivity index (χ3v) is 7.73. The molecule has 4 aliphatic rings. The Morgan fingerprint density at radius 1 is 1.14 bits per heavy atom. The normalized spacial score (nSPS) is 32.2. The Bertz CT molecular complexity index is 787. The molecule has 28 heavy (non-hydrogen) atoms. The summed E-state index contributed by atoms with van der Waals surface area (Å²) in [6.07, 6.45) is 9.16. The largest absolute Gasteiger partial charge is 0.338 e. The van der Waals surface area contributed by atoms with E-state index in [9.17, 15) is 9.59 Å². The summed E-state index contributed by atoms with van der Waals surface area (Å²) in [7, 11) is 0. The molecule has 4 nitrogen and oxygen atoms in total. The number of rotatable bonds is 3. The molecule has 0 radical (unpaired) electrons. The minimum Gasteiger partial charge on any atom is -0.338 e. The SMILES string of the molecule is CCC[C@H]1CCC[C@H]2[C@@H]3C[C@@H](CN(C(=O)c4cccc5c4CCC5=O)C3)CN12. The summed E-state index contributed by atoms with van der Waals surface area (Å²) in [6, 6.07) is 7.15. The molecule has 1 aromatic carbocycles. The number of hydrogen-bond acceptors (Lipinski definition) is 3. The van der Waals surface area contributed by atoms with Crippen LogP contribution in [0.25, 0.3) is 0 Å². The van der Waals surface area contributed by atoms with E-state index in [-0.39, 0.29) is 11.7 Å². The lowest BCUT2D eigenvalue weighted by molar-refractivity contribution is -0.0519. The number of carbonyl (C=O) groups is 2. The zero-order chi connectivity index (χ0) is 19.3. The summed E-state index contributed by atoms with van der Waals surface area (Å²) in [5.41, 5.74) is 2.56. The monoisotopic (exact) mass is 380 g/mol. The van der Waals surface area contributed by atoms with Gasteiger partial charge >= 0.3 is 0 Å². The fourth-order valence-electron chi connectivity index (χ4n) is 6.58. The summed E-state index contributed by atoms with van der Waals surface area (Å²) in [5, 5.41) is 0. The van der Waals surface area contributed by atoms with Crippen molar-refractivity contribution in [2.24, 2.45) is 11.8 Å². The number of nitrogens with zero attached hydrogens (tertiary/aromatic N) is 2. The number of fused-ring (bicyclic) bond motifs is 5. The Morgan fingerprint density at radius 3 is 2.89 bits per heavy atom. The molecule has 3 aliphatic heterocycles. The summed E-state index contributed by atoms with van der Waals surface area (Å²) in [6.45, 7) is 5.25. The quantitative estimate of drug-likeness (QED) is 0.798. The maximum Gasteiger partial charge on any atom is 0.254 e. The molecule has 150 valence electrons. The first kappa shape index (κ1) is 18.4. The molecule has 0 aromatic heterocycles. The highest BCUT2D eigenvalue weighted by molar-refractivity contribution is 6.05. The van der Waals surface area contributed by atoms with E-state index < -0.39 is 0 Å². The lowest BCUT2D eigenvalue weighted by Gasteiger charge is -2.55. The Balaban J connectivity index is 1.36. The molecule has 1 aliphatic carbocycles. The van der Waals surface area contributed by atoms with Crippen molar-refractivity contribution in [3.05, 3.63) is 34.9 Å². The first-order chi connectivity index (χ1) is 13.7. The lowest BCUT2D eigenvalue weighted by Crippen LogP contribution is -2.62. The van der Waals surface area contributed by atoms with Crippen LogP contribution in [0.5, 0.6) is 0 Å². The molecule has 4 heteroatoms. The van der Waals surface area contributed by atoms with Crippen LogP contribution in [-0.4, -0.2) is 53.2 Å². The zero-order valence-corrected chi connectivity index (χ0v) is 17.0. The average Bonchev–Trinajstić information content (AvgIpc) is 3.09. The van der Waals surface area contributed by atoms with E-state index in [2.05, 4.69) is 16.7 Å². The molecule has 3 saturated heterocycles. The van der Waals surface area contributed by atoms with E-state index in [1.807, 2.05) is 18.2 Å². The number of ketones is 1. The lowest BCUT2D eigenvalue weighted by atomic mass is 9.74. The summed E-state index contributed by atoms with van der Waals surface area (Å²) in [4.78, 5) is 30.5. The number of amides is 1. The van der Waals surface area contributed by atoms with Gasteiger partial charge in [0.15, 0.2) is 5.78 Å². The predicted molar refractivity (Wildman–Crippen MR) is 110 cm³/mol. The van der Waals surface area contributed by atoms with Crippen LogP contribution in [0.1, 0.15) is 78.1 Å².